The van der Waals surface area contributed by atoms with Crippen LogP contribution < -0.4 is 4.98 Å². The fourth-order valence-corrected chi connectivity index (χ4v) is 0.876. The van der Waals surface area contributed by atoms with Gasteiger partial charge in [-0.25, -0.2) is 4.98 Å². The SMILES string of the molecule is c1cc2cnncc2c[nH+]1. The van der Waals surface area contributed by atoms with Gasteiger partial charge in [0.05, 0.1) is 17.8 Å². The molecule has 0 atom stereocenters. The molecule has 1 N–H and O–H groups in total. The minimum absolute atomic E-state index is 1.08. The Hall–Kier alpha value is -1.51. The molecule has 0 aromatic carbocycles. The fourth-order valence-electron chi connectivity index (χ4n) is 0.876. The lowest BCUT2D eigenvalue weighted by atomic mass is 10.3. The summed E-state index contributed by atoms with van der Waals surface area (Å²) in [4.78, 5) is 2.97. The Morgan fingerprint density at radius 3 is 2.70 bits per heavy atom. The van der Waals surface area contributed by atoms with Crippen LogP contribution in [0.25, 0.3) is 10.8 Å². The minimum atomic E-state index is 1.08. The maximum Gasteiger partial charge on any atom is 0.176 e. The van der Waals surface area contributed by atoms with Crippen LogP contribution in [-0.4, -0.2) is 10.2 Å². The van der Waals surface area contributed by atoms with E-state index in [9.17, 15) is 0 Å². The third kappa shape index (κ3) is 0.719. The smallest absolute Gasteiger partial charge is 0.176 e. The van der Waals surface area contributed by atoms with E-state index in [4.69, 9.17) is 0 Å². The molecule has 0 spiro atoms. The Balaban J connectivity index is 2.89. The topological polar surface area (TPSA) is 39.9 Å². The lowest BCUT2D eigenvalue weighted by molar-refractivity contribution is -0.375. The summed E-state index contributed by atoms with van der Waals surface area (Å²) >= 11 is 0. The van der Waals surface area contributed by atoms with Gasteiger partial charge >= 0.3 is 0 Å². The number of fused-ring (bicyclic) bond motifs is 1. The molecule has 2 aromatic rings. The zero-order valence-corrected chi connectivity index (χ0v) is 5.28. The van der Waals surface area contributed by atoms with Crippen LogP contribution in [0.5, 0.6) is 0 Å². The van der Waals surface area contributed by atoms with Gasteiger partial charge in [0.1, 0.15) is 0 Å². The van der Waals surface area contributed by atoms with Gasteiger partial charge in [-0.15, -0.1) is 0 Å². The average Bonchev–Trinajstić information content (AvgIpc) is 2.05. The summed E-state index contributed by atoms with van der Waals surface area (Å²) in [6.07, 6.45) is 7.23. The second kappa shape index (κ2) is 2.02. The summed E-state index contributed by atoms with van der Waals surface area (Å²) in [5.74, 6) is 0. The van der Waals surface area contributed by atoms with Crippen molar-refractivity contribution in [2.75, 3.05) is 0 Å². The molecule has 2 heterocycles. The van der Waals surface area contributed by atoms with E-state index in [1.165, 1.54) is 0 Å². The molecule has 48 valence electrons. The van der Waals surface area contributed by atoms with Crippen molar-refractivity contribution in [1.29, 1.82) is 0 Å². The molecule has 2 rings (SSSR count). The van der Waals surface area contributed by atoms with Gasteiger partial charge in [-0.05, 0) is 0 Å². The van der Waals surface area contributed by atoms with E-state index in [0.717, 1.165) is 10.8 Å². The Labute approximate surface area is 57.7 Å². The van der Waals surface area contributed by atoms with Crippen molar-refractivity contribution >= 4 is 10.8 Å². The molecule has 0 aliphatic heterocycles. The van der Waals surface area contributed by atoms with Crippen LogP contribution in [0, 0.1) is 0 Å². The summed E-state index contributed by atoms with van der Waals surface area (Å²) in [7, 11) is 0. The lowest BCUT2D eigenvalue weighted by Gasteiger charge is -1.86. The van der Waals surface area contributed by atoms with E-state index >= 15 is 0 Å². The van der Waals surface area contributed by atoms with Crippen LogP contribution in [0.2, 0.25) is 0 Å². The highest BCUT2D eigenvalue weighted by molar-refractivity contribution is 5.78. The van der Waals surface area contributed by atoms with Crippen LogP contribution in [0.1, 0.15) is 0 Å². The number of nitrogens with one attached hydrogen (secondary N) is 1. The van der Waals surface area contributed by atoms with Crippen LogP contribution in [0.4, 0.5) is 0 Å². The molecule has 3 nitrogen and oxygen atoms in total. The maximum atomic E-state index is 3.75. The number of hydrogen-bond donors (Lipinski definition) is 0. The monoisotopic (exact) mass is 132 g/mol. The number of aromatic amines is 1. The summed E-state index contributed by atoms with van der Waals surface area (Å²) in [6.45, 7) is 0. The maximum absolute atomic E-state index is 3.75. The van der Waals surface area contributed by atoms with E-state index in [1.807, 2.05) is 18.5 Å². The molecule has 10 heavy (non-hydrogen) atoms. The lowest BCUT2D eigenvalue weighted by Crippen LogP contribution is -1.97. The molecule has 0 aliphatic rings. The van der Waals surface area contributed by atoms with Gasteiger partial charge in [0.15, 0.2) is 12.4 Å². The zero-order valence-electron chi connectivity index (χ0n) is 5.28. The largest absolute Gasteiger partial charge is 0.217 e. The normalized spacial score (nSPS) is 10.0. The van der Waals surface area contributed by atoms with Crippen LogP contribution in [0.3, 0.4) is 0 Å². The Bertz CT molecular complexity index is 280. The second-order valence-corrected chi connectivity index (χ2v) is 2.04. The molecule has 0 aliphatic carbocycles. The molecule has 0 unspecified atom stereocenters. The third-order valence-electron chi connectivity index (χ3n) is 1.39. The highest BCUT2D eigenvalue weighted by Gasteiger charge is 1.92. The summed E-state index contributed by atoms with van der Waals surface area (Å²) < 4.78 is 0. The first kappa shape index (κ1) is 5.29. The van der Waals surface area contributed by atoms with Crippen LogP contribution in [0.15, 0.2) is 30.9 Å². The van der Waals surface area contributed by atoms with Gasteiger partial charge in [0.2, 0.25) is 0 Å². The second-order valence-electron chi connectivity index (χ2n) is 2.04. The van der Waals surface area contributed by atoms with E-state index in [-0.39, 0.29) is 0 Å². The van der Waals surface area contributed by atoms with Gasteiger partial charge in [0.25, 0.3) is 0 Å². The van der Waals surface area contributed by atoms with Gasteiger partial charge in [-0.3, -0.25) is 0 Å². The van der Waals surface area contributed by atoms with Crippen molar-refractivity contribution in [1.82, 2.24) is 10.2 Å². The molecule has 2 aromatic heterocycles. The van der Waals surface area contributed by atoms with Gasteiger partial charge < -0.3 is 0 Å². The predicted molar refractivity (Wildman–Crippen MR) is 36.1 cm³/mol. The van der Waals surface area contributed by atoms with Crippen LogP contribution >= 0.6 is 0 Å². The summed E-state index contributed by atoms with van der Waals surface area (Å²) in [5.41, 5.74) is 0. The summed E-state index contributed by atoms with van der Waals surface area (Å²) in [6, 6.07) is 1.96. The number of aromatic nitrogens is 3. The number of rotatable bonds is 0. The number of hydrogen-bond acceptors (Lipinski definition) is 2. The minimum Gasteiger partial charge on any atom is -0.217 e. The van der Waals surface area contributed by atoms with Crippen molar-refractivity contribution in [2.24, 2.45) is 0 Å². The Morgan fingerprint density at radius 1 is 1.10 bits per heavy atom. The molecular weight excluding hydrogens is 126 g/mol. The average molecular weight is 132 g/mol. The first-order valence-corrected chi connectivity index (χ1v) is 3.03. The van der Waals surface area contributed by atoms with Gasteiger partial charge in [-0.2, -0.15) is 10.2 Å². The quantitative estimate of drug-likeness (QED) is 0.522. The summed E-state index contributed by atoms with van der Waals surface area (Å²) in [5, 5.41) is 9.68. The highest BCUT2D eigenvalue weighted by Crippen LogP contribution is 2.04. The molecular formula is C7H6N3+. The number of nitrogens with zero attached hydrogens (tertiary/aromatic N) is 2. The fraction of sp³-hybridized carbons (Fsp3) is 0. The molecule has 0 amide bonds. The molecule has 0 radical (unpaired) electrons. The van der Waals surface area contributed by atoms with E-state index in [2.05, 4.69) is 15.2 Å². The zero-order chi connectivity index (χ0) is 6.81. The molecule has 0 saturated carbocycles. The molecule has 0 bridgehead atoms. The highest BCUT2D eigenvalue weighted by atomic mass is 15.1. The van der Waals surface area contributed by atoms with Crippen molar-refractivity contribution in [3.8, 4) is 0 Å². The molecule has 0 fully saturated rings. The van der Waals surface area contributed by atoms with E-state index in [0.29, 0.717) is 0 Å². The first-order valence-electron chi connectivity index (χ1n) is 3.03. The predicted octanol–water partition coefficient (Wildman–Crippen LogP) is 0.444. The Kier molecular flexibility index (Phi) is 1.07. The number of pyridine rings is 1. The van der Waals surface area contributed by atoms with Gasteiger partial charge in [0, 0.05) is 11.5 Å². The molecule has 0 saturated heterocycles. The standard InChI is InChI=1S/C7H5N3/c1-2-8-3-7-5-10-9-4-6(1)7/h1-5H/p+1. The van der Waals surface area contributed by atoms with E-state index in [1.54, 1.807) is 12.4 Å². The van der Waals surface area contributed by atoms with Crippen molar-refractivity contribution in [3.05, 3.63) is 30.9 Å². The van der Waals surface area contributed by atoms with Crippen LogP contribution in [-0.2, 0) is 0 Å². The third-order valence-corrected chi connectivity index (χ3v) is 1.39. The van der Waals surface area contributed by atoms with Gasteiger partial charge in [-0.1, -0.05) is 0 Å². The first-order chi connectivity index (χ1) is 4.97. The van der Waals surface area contributed by atoms with Crippen molar-refractivity contribution in [2.45, 2.75) is 0 Å². The number of H-pyrrole nitrogens is 1. The van der Waals surface area contributed by atoms with Crippen molar-refractivity contribution in [3.63, 3.8) is 0 Å². The Morgan fingerprint density at radius 2 is 1.90 bits per heavy atom. The van der Waals surface area contributed by atoms with Crippen molar-refractivity contribution < 1.29 is 4.98 Å². The molecule has 3 heteroatoms. The van der Waals surface area contributed by atoms with E-state index < -0.39 is 0 Å².